The minimum atomic E-state index is -0.502. The van der Waals surface area contributed by atoms with Gasteiger partial charge in [0.25, 0.3) is 0 Å². The quantitative estimate of drug-likeness (QED) is 0.735. The fourth-order valence-corrected chi connectivity index (χ4v) is 3.72. The third-order valence-electron chi connectivity index (χ3n) is 5.05. The standard InChI is InChI=1S/C20H25N3O5/c1-4-28-19(25)17-12(2)21-20(26)22-15(17)11-23-10-14-8-6-5-7-13(14)9-16(23)18(24)27-3/h5-8,12,16H,4,9-11H2,1-3H3,(H2,21,22,26)/t12-,16+/m0/s1. The molecule has 0 saturated heterocycles. The molecule has 0 unspecified atom stereocenters. The Labute approximate surface area is 163 Å². The Bertz CT molecular complexity index is 820. The molecule has 0 spiro atoms. The summed E-state index contributed by atoms with van der Waals surface area (Å²) >= 11 is 0. The predicted molar refractivity (Wildman–Crippen MR) is 101 cm³/mol. The largest absolute Gasteiger partial charge is 0.468 e. The molecular formula is C20H25N3O5. The summed E-state index contributed by atoms with van der Waals surface area (Å²) in [5, 5.41) is 5.40. The van der Waals surface area contributed by atoms with Crippen LogP contribution in [0, 0.1) is 0 Å². The minimum absolute atomic E-state index is 0.222. The molecule has 2 heterocycles. The Morgan fingerprint density at radius 2 is 1.96 bits per heavy atom. The molecule has 2 atom stereocenters. The van der Waals surface area contributed by atoms with Crippen LogP contribution in [-0.4, -0.2) is 55.2 Å². The summed E-state index contributed by atoms with van der Waals surface area (Å²) in [6, 6.07) is 6.53. The van der Waals surface area contributed by atoms with Gasteiger partial charge in [-0.15, -0.1) is 0 Å². The van der Waals surface area contributed by atoms with Crippen LogP contribution < -0.4 is 10.6 Å². The number of fused-ring (bicyclic) bond motifs is 1. The van der Waals surface area contributed by atoms with E-state index < -0.39 is 18.1 Å². The van der Waals surface area contributed by atoms with Crippen molar-refractivity contribution in [1.82, 2.24) is 15.5 Å². The maximum absolute atomic E-state index is 12.5. The lowest BCUT2D eigenvalue weighted by Crippen LogP contribution is -2.53. The normalized spacial score (nSPS) is 22.0. The van der Waals surface area contributed by atoms with Crippen molar-refractivity contribution in [2.24, 2.45) is 0 Å². The summed E-state index contributed by atoms with van der Waals surface area (Å²) in [6.07, 6.45) is 0.507. The summed E-state index contributed by atoms with van der Waals surface area (Å²) in [5.41, 5.74) is 3.01. The van der Waals surface area contributed by atoms with Crippen molar-refractivity contribution >= 4 is 18.0 Å². The van der Waals surface area contributed by atoms with Gasteiger partial charge >= 0.3 is 18.0 Å². The Kier molecular flexibility index (Phi) is 5.99. The van der Waals surface area contributed by atoms with Crippen LogP contribution in [-0.2, 0) is 32.0 Å². The summed E-state index contributed by atoms with van der Waals surface area (Å²) in [7, 11) is 1.36. The zero-order valence-electron chi connectivity index (χ0n) is 16.3. The van der Waals surface area contributed by atoms with E-state index >= 15 is 0 Å². The van der Waals surface area contributed by atoms with Gasteiger partial charge in [0, 0.05) is 18.8 Å². The fraction of sp³-hybridized carbons (Fsp3) is 0.450. The molecule has 2 aliphatic heterocycles. The lowest BCUT2D eigenvalue weighted by molar-refractivity contribution is -0.147. The summed E-state index contributed by atoms with van der Waals surface area (Å²) in [4.78, 5) is 38.8. The average molecular weight is 387 g/mol. The highest BCUT2D eigenvalue weighted by Gasteiger charge is 2.36. The first-order valence-corrected chi connectivity index (χ1v) is 9.30. The van der Waals surface area contributed by atoms with E-state index in [-0.39, 0.29) is 25.2 Å². The molecule has 1 aromatic carbocycles. The molecule has 0 saturated carbocycles. The number of methoxy groups -OCH3 is 1. The third kappa shape index (κ3) is 4.01. The van der Waals surface area contributed by atoms with Crippen molar-refractivity contribution in [2.45, 2.75) is 38.9 Å². The van der Waals surface area contributed by atoms with Crippen molar-refractivity contribution in [3.63, 3.8) is 0 Å². The van der Waals surface area contributed by atoms with Crippen molar-refractivity contribution < 1.29 is 23.9 Å². The number of amides is 2. The number of urea groups is 1. The van der Waals surface area contributed by atoms with E-state index in [4.69, 9.17) is 9.47 Å². The first kappa shape index (κ1) is 19.9. The fourth-order valence-electron chi connectivity index (χ4n) is 3.72. The number of esters is 2. The van der Waals surface area contributed by atoms with Crippen LogP contribution in [0.2, 0.25) is 0 Å². The van der Waals surface area contributed by atoms with Crippen LogP contribution in [0.15, 0.2) is 35.5 Å². The second-order valence-corrected chi connectivity index (χ2v) is 6.85. The van der Waals surface area contributed by atoms with Gasteiger partial charge in [0.05, 0.1) is 25.3 Å². The molecule has 0 bridgehead atoms. The molecule has 8 nitrogen and oxygen atoms in total. The molecule has 8 heteroatoms. The first-order chi connectivity index (χ1) is 13.4. The Hall–Kier alpha value is -2.87. The zero-order chi connectivity index (χ0) is 20.3. The Morgan fingerprint density at radius 3 is 2.64 bits per heavy atom. The van der Waals surface area contributed by atoms with Crippen LogP contribution >= 0.6 is 0 Å². The van der Waals surface area contributed by atoms with Crippen LogP contribution in [0.1, 0.15) is 25.0 Å². The molecule has 2 aliphatic rings. The molecule has 150 valence electrons. The SMILES string of the molecule is CCOC(=O)C1=C(CN2Cc3ccccc3C[C@@H]2C(=O)OC)NC(=O)N[C@H]1C. The van der Waals surface area contributed by atoms with E-state index in [1.807, 2.05) is 29.2 Å². The molecule has 3 rings (SSSR count). The lowest BCUT2D eigenvalue weighted by Gasteiger charge is -2.37. The van der Waals surface area contributed by atoms with E-state index in [1.165, 1.54) is 7.11 Å². The molecule has 1 aromatic rings. The van der Waals surface area contributed by atoms with E-state index in [2.05, 4.69) is 10.6 Å². The molecule has 2 N–H and O–H groups in total. The average Bonchev–Trinajstić information content (AvgIpc) is 2.66. The van der Waals surface area contributed by atoms with Crippen molar-refractivity contribution in [1.29, 1.82) is 0 Å². The first-order valence-electron chi connectivity index (χ1n) is 9.30. The number of carbonyl (C=O) groups is 3. The summed E-state index contributed by atoms with van der Waals surface area (Å²) in [6.45, 7) is 4.42. The molecule has 0 aliphatic carbocycles. The molecular weight excluding hydrogens is 362 g/mol. The minimum Gasteiger partial charge on any atom is -0.468 e. The molecule has 2 amide bonds. The second kappa shape index (κ2) is 8.43. The van der Waals surface area contributed by atoms with Crippen LogP contribution in [0.5, 0.6) is 0 Å². The van der Waals surface area contributed by atoms with Gasteiger partial charge in [-0.1, -0.05) is 24.3 Å². The topological polar surface area (TPSA) is 97.0 Å². The number of carbonyl (C=O) groups excluding carboxylic acids is 3. The van der Waals surface area contributed by atoms with Gasteiger partial charge in [0.15, 0.2) is 0 Å². The van der Waals surface area contributed by atoms with Gasteiger partial charge in [-0.3, -0.25) is 9.69 Å². The van der Waals surface area contributed by atoms with Crippen molar-refractivity contribution in [2.75, 3.05) is 20.3 Å². The maximum atomic E-state index is 12.5. The number of hydrogen-bond donors (Lipinski definition) is 2. The highest BCUT2D eigenvalue weighted by atomic mass is 16.5. The Morgan fingerprint density at radius 1 is 1.25 bits per heavy atom. The zero-order valence-corrected chi connectivity index (χ0v) is 16.3. The molecule has 28 heavy (non-hydrogen) atoms. The van der Waals surface area contributed by atoms with E-state index in [1.54, 1.807) is 13.8 Å². The van der Waals surface area contributed by atoms with Crippen molar-refractivity contribution in [3.05, 3.63) is 46.7 Å². The van der Waals surface area contributed by atoms with E-state index in [0.717, 1.165) is 11.1 Å². The highest BCUT2D eigenvalue weighted by Crippen LogP contribution is 2.26. The van der Waals surface area contributed by atoms with E-state index in [0.29, 0.717) is 24.2 Å². The Balaban J connectivity index is 1.95. The number of benzene rings is 1. The predicted octanol–water partition coefficient (Wildman–Crippen LogP) is 1.10. The van der Waals surface area contributed by atoms with Gasteiger partial charge in [0.2, 0.25) is 0 Å². The maximum Gasteiger partial charge on any atom is 0.337 e. The smallest absolute Gasteiger partial charge is 0.337 e. The van der Waals surface area contributed by atoms with Gasteiger partial charge in [-0.05, 0) is 31.4 Å². The van der Waals surface area contributed by atoms with Crippen molar-refractivity contribution in [3.8, 4) is 0 Å². The molecule has 0 aromatic heterocycles. The van der Waals surface area contributed by atoms with Gasteiger partial charge in [-0.2, -0.15) is 0 Å². The van der Waals surface area contributed by atoms with Gasteiger partial charge < -0.3 is 20.1 Å². The molecule has 0 fully saturated rings. The van der Waals surface area contributed by atoms with Gasteiger partial charge in [0.1, 0.15) is 6.04 Å². The van der Waals surface area contributed by atoms with Crippen LogP contribution in [0.4, 0.5) is 4.79 Å². The summed E-state index contributed by atoms with van der Waals surface area (Å²) < 4.78 is 10.2. The van der Waals surface area contributed by atoms with Crippen LogP contribution in [0.25, 0.3) is 0 Å². The number of rotatable bonds is 5. The molecule has 0 radical (unpaired) electrons. The summed E-state index contributed by atoms with van der Waals surface area (Å²) in [5.74, 6) is -0.828. The van der Waals surface area contributed by atoms with E-state index in [9.17, 15) is 14.4 Å². The highest BCUT2D eigenvalue weighted by molar-refractivity contribution is 5.94. The number of ether oxygens (including phenoxy) is 2. The van der Waals surface area contributed by atoms with Gasteiger partial charge in [-0.25, -0.2) is 9.59 Å². The number of hydrogen-bond acceptors (Lipinski definition) is 6. The third-order valence-corrected chi connectivity index (χ3v) is 5.05. The lowest BCUT2D eigenvalue weighted by atomic mass is 9.93. The van der Waals surface area contributed by atoms with Crippen LogP contribution in [0.3, 0.4) is 0 Å². The number of nitrogens with one attached hydrogen (secondary N) is 2. The monoisotopic (exact) mass is 387 g/mol. The number of nitrogens with zero attached hydrogens (tertiary/aromatic N) is 1. The second-order valence-electron chi connectivity index (χ2n) is 6.85.